The van der Waals surface area contributed by atoms with Crippen LogP contribution in [0.15, 0.2) is 48.5 Å². The molecule has 0 radical (unpaired) electrons. The van der Waals surface area contributed by atoms with E-state index in [0.717, 1.165) is 0 Å². The SMILES string of the molecule is Fc1cc(F)c(P(CCP(c2c(F)cc(F)cc2F)c2c(F)cc(F)cc2F)c2c(F)cc(F)cc2F)c(F)c1. The summed E-state index contributed by atoms with van der Waals surface area (Å²) >= 11 is 0. The van der Waals surface area contributed by atoms with E-state index in [1.54, 1.807) is 0 Å². The van der Waals surface area contributed by atoms with Crippen molar-refractivity contribution in [1.29, 1.82) is 0 Å². The molecule has 0 aliphatic carbocycles. The van der Waals surface area contributed by atoms with Crippen LogP contribution >= 0.6 is 15.8 Å². The smallest absolute Gasteiger partial charge is 0.137 e. The highest BCUT2D eigenvalue weighted by atomic mass is 31.1. The summed E-state index contributed by atoms with van der Waals surface area (Å²) in [7, 11) is -5.96. The van der Waals surface area contributed by atoms with Gasteiger partial charge in [-0.1, -0.05) is 0 Å². The van der Waals surface area contributed by atoms with Crippen molar-refractivity contribution < 1.29 is 52.7 Å². The molecule has 0 saturated carbocycles. The summed E-state index contributed by atoms with van der Waals surface area (Å²) in [5.41, 5.74) is 0. The number of rotatable bonds is 7. The molecule has 4 rings (SSSR count). The van der Waals surface area contributed by atoms with Crippen molar-refractivity contribution in [3.63, 3.8) is 0 Å². The fraction of sp³-hybridized carbons (Fsp3) is 0.0769. The van der Waals surface area contributed by atoms with Crippen LogP contribution in [0.5, 0.6) is 0 Å². The van der Waals surface area contributed by atoms with Crippen molar-refractivity contribution in [1.82, 2.24) is 0 Å². The Bertz CT molecular complexity index is 1280. The number of halogens is 12. The molecule has 4 aromatic rings. The maximum absolute atomic E-state index is 14.8. The maximum Gasteiger partial charge on any atom is 0.137 e. The normalized spacial score (nSPS) is 11.7. The van der Waals surface area contributed by atoms with E-state index in [2.05, 4.69) is 0 Å². The molecule has 0 aromatic heterocycles. The van der Waals surface area contributed by atoms with Gasteiger partial charge in [0.2, 0.25) is 0 Å². The average molecular weight is 614 g/mol. The Balaban J connectivity index is 1.93. The van der Waals surface area contributed by atoms with Crippen LogP contribution in [0.1, 0.15) is 0 Å². The zero-order valence-electron chi connectivity index (χ0n) is 19.5. The van der Waals surface area contributed by atoms with E-state index in [1.165, 1.54) is 0 Å². The van der Waals surface area contributed by atoms with Gasteiger partial charge in [0, 0.05) is 48.5 Å². The topological polar surface area (TPSA) is 0 Å². The minimum Gasteiger partial charge on any atom is -0.207 e. The second-order valence-electron chi connectivity index (χ2n) is 8.18. The highest BCUT2D eigenvalue weighted by Crippen LogP contribution is 2.45. The highest BCUT2D eigenvalue weighted by Gasteiger charge is 2.33. The standard InChI is InChI=1S/C26H12F12P2/c27-11-3-15(31)23(16(32)4-11)39(24-17(33)5-12(28)6-18(24)34)1-2-40(25-19(35)7-13(29)8-20(25)36)26-21(37)9-14(30)10-22(26)38/h3-10H,1-2H2. The van der Waals surface area contributed by atoms with Crippen LogP contribution in [0.25, 0.3) is 0 Å². The lowest BCUT2D eigenvalue weighted by atomic mass is 10.3. The van der Waals surface area contributed by atoms with Crippen molar-refractivity contribution in [2.24, 2.45) is 0 Å². The van der Waals surface area contributed by atoms with Crippen LogP contribution in [0.4, 0.5) is 52.7 Å². The summed E-state index contributed by atoms with van der Waals surface area (Å²) < 4.78 is 173. The van der Waals surface area contributed by atoms with Crippen molar-refractivity contribution in [3.8, 4) is 0 Å². The Labute approximate surface area is 220 Å². The molecule has 0 heterocycles. The number of hydrogen-bond donors (Lipinski definition) is 0. The summed E-state index contributed by atoms with van der Waals surface area (Å²) in [6, 6.07) is 1.51. The quantitative estimate of drug-likeness (QED) is 0.157. The molecular formula is C26H12F12P2. The Hall–Kier alpha value is -3.10. The zero-order chi connectivity index (χ0) is 29.5. The molecule has 0 aliphatic rings. The first-order valence-corrected chi connectivity index (χ1v) is 14.0. The molecule has 4 aromatic carbocycles. The molecule has 210 valence electrons. The van der Waals surface area contributed by atoms with Gasteiger partial charge in [0.05, 0.1) is 21.2 Å². The Morgan fingerprint density at radius 1 is 0.300 bits per heavy atom. The lowest BCUT2D eigenvalue weighted by molar-refractivity contribution is 0.549. The molecule has 0 amide bonds. The molecule has 14 heteroatoms. The van der Waals surface area contributed by atoms with Gasteiger partial charge in [0.15, 0.2) is 0 Å². The van der Waals surface area contributed by atoms with Gasteiger partial charge in [-0.05, 0) is 28.2 Å². The van der Waals surface area contributed by atoms with Gasteiger partial charge >= 0.3 is 0 Å². The molecule has 0 fully saturated rings. The Morgan fingerprint density at radius 2 is 0.450 bits per heavy atom. The van der Waals surface area contributed by atoms with Gasteiger partial charge in [-0.3, -0.25) is 0 Å². The zero-order valence-corrected chi connectivity index (χ0v) is 21.3. The van der Waals surface area contributed by atoms with Crippen LogP contribution in [0.3, 0.4) is 0 Å². The highest BCUT2D eigenvalue weighted by molar-refractivity contribution is 7.76. The fourth-order valence-corrected chi connectivity index (χ4v) is 9.56. The largest absolute Gasteiger partial charge is 0.207 e. The van der Waals surface area contributed by atoms with Gasteiger partial charge in [-0.2, -0.15) is 0 Å². The molecular weight excluding hydrogens is 602 g/mol. The summed E-state index contributed by atoms with van der Waals surface area (Å²) in [5, 5.41) is -4.29. The van der Waals surface area contributed by atoms with E-state index < -0.39 is 119 Å². The first-order chi connectivity index (χ1) is 18.8. The summed E-state index contributed by atoms with van der Waals surface area (Å²) in [6.07, 6.45) is -1.71. The minimum absolute atomic E-state index is 0.189. The van der Waals surface area contributed by atoms with Crippen LogP contribution in [0, 0.1) is 69.8 Å². The molecule has 0 nitrogen and oxygen atoms in total. The van der Waals surface area contributed by atoms with Crippen LogP contribution in [-0.4, -0.2) is 12.3 Å². The van der Waals surface area contributed by atoms with Crippen LogP contribution < -0.4 is 21.2 Å². The van der Waals surface area contributed by atoms with Crippen LogP contribution in [0.2, 0.25) is 0 Å². The van der Waals surface area contributed by atoms with Crippen molar-refractivity contribution in [2.45, 2.75) is 0 Å². The Morgan fingerprint density at radius 3 is 0.600 bits per heavy atom. The lowest BCUT2D eigenvalue weighted by Crippen LogP contribution is -2.29. The average Bonchev–Trinajstić information content (AvgIpc) is 2.79. The first-order valence-electron chi connectivity index (χ1n) is 10.9. The molecule has 0 bridgehead atoms. The molecule has 0 unspecified atom stereocenters. The molecule has 0 saturated heterocycles. The van der Waals surface area contributed by atoms with Gasteiger partial charge in [0.25, 0.3) is 0 Å². The maximum atomic E-state index is 14.8. The van der Waals surface area contributed by atoms with E-state index in [1.807, 2.05) is 0 Å². The van der Waals surface area contributed by atoms with E-state index in [0.29, 0.717) is 0 Å². The van der Waals surface area contributed by atoms with E-state index in [4.69, 9.17) is 0 Å². The molecule has 0 N–H and O–H groups in total. The third-order valence-corrected chi connectivity index (χ3v) is 11.1. The molecule has 0 aliphatic heterocycles. The third kappa shape index (κ3) is 5.98. The van der Waals surface area contributed by atoms with Crippen molar-refractivity contribution >= 4 is 37.1 Å². The van der Waals surface area contributed by atoms with Gasteiger partial charge in [-0.15, -0.1) is 0 Å². The van der Waals surface area contributed by atoms with Crippen molar-refractivity contribution in [3.05, 3.63) is 118 Å². The first kappa shape index (κ1) is 29.9. The summed E-state index contributed by atoms with van der Waals surface area (Å²) in [6.45, 7) is 0. The second-order valence-corrected chi connectivity index (χ2v) is 12.6. The third-order valence-electron chi connectivity index (χ3n) is 5.55. The molecule has 40 heavy (non-hydrogen) atoms. The number of hydrogen-bond acceptors (Lipinski definition) is 0. The van der Waals surface area contributed by atoms with E-state index in [-0.39, 0.29) is 48.5 Å². The number of benzene rings is 4. The predicted octanol–water partition coefficient (Wildman–Crippen LogP) is 6.92. The molecule has 0 spiro atoms. The minimum atomic E-state index is -2.98. The summed E-state index contributed by atoms with van der Waals surface area (Å²) in [5.74, 6) is -18.5. The van der Waals surface area contributed by atoms with Crippen molar-refractivity contribution in [2.75, 3.05) is 12.3 Å². The molecule has 0 atom stereocenters. The summed E-state index contributed by atoms with van der Waals surface area (Å²) in [4.78, 5) is 0. The van der Waals surface area contributed by atoms with Gasteiger partial charge < -0.3 is 0 Å². The predicted molar refractivity (Wildman–Crippen MR) is 127 cm³/mol. The van der Waals surface area contributed by atoms with E-state index in [9.17, 15) is 52.7 Å². The van der Waals surface area contributed by atoms with Crippen LogP contribution in [-0.2, 0) is 0 Å². The van der Waals surface area contributed by atoms with Gasteiger partial charge in [0.1, 0.15) is 69.8 Å². The second kappa shape index (κ2) is 11.8. The van der Waals surface area contributed by atoms with E-state index >= 15 is 0 Å². The Kier molecular flexibility index (Phi) is 8.80. The lowest BCUT2D eigenvalue weighted by Gasteiger charge is -2.26. The monoisotopic (exact) mass is 614 g/mol. The fourth-order valence-electron chi connectivity index (χ4n) is 4.04. The van der Waals surface area contributed by atoms with Gasteiger partial charge in [-0.25, -0.2) is 52.7 Å².